The van der Waals surface area contributed by atoms with Crippen LogP contribution in [0.1, 0.15) is 72.1 Å². The van der Waals surface area contributed by atoms with Crippen LogP contribution in [0.2, 0.25) is 0 Å². The third-order valence-corrected chi connectivity index (χ3v) is 2.98. The van der Waals surface area contributed by atoms with Crippen LogP contribution in [0.4, 0.5) is 0 Å². The van der Waals surface area contributed by atoms with Gasteiger partial charge in [0.2, 0.25) is 5.91 Å². The molecule has 0 saturated heterocycles. The summed E-state index contributed by atoms with van der Waals surface area (Å²) in [5.74, 6) is -0.408. The number of amides is 1. The third-order valence-electron chi connectivity index (χ3n) is 2.98. The van der Waals surface area contributed by atoms with Crippen molar-refractivity contribution in [2.45, 2.75) is 78.2 Å². The van der Waals surface area contributed by atoms with E-state index in [0.717, 1.165) is 25.7 Å². The minimum Gasteiger partial charge on any atom is -0.464 e. The maximum Gasteiger partial charge on any atom is 0.328 e. The number of ether oxygens (including phenoxy) is 1. The number of hydrogen-bond donors (Lipinski definition) is 1. The lowest BCUT2D eigenvalue weighted by Crippen LogP contribution is -2.39. The van der Waals surface area contributed by atoms with Gasteiger partial charge in [-0.25, -0.2) is 4.79 Å². The molecule has 0 spiro atoms. The van der Waals surface area contributed by atoms with Gasteiger partial charge in [-0.1, -0.05) is 46.0 Å². The van der Waals surface area contributed by atoms with Crippen LogP contribution in [-0.4, -0.2) is 24.5 Å². The van der Waals surface area contributed by atoms with Gasteiger partial charge < -0.3 is 10.1 Å². The highest BCUT2D eigenvalue weighted by Gasteiger charge is 2.16. The van der Waals surface area contributed by atoms with Crippen molar-refractivity contribution in [2.24, 2.45) is 0 Å². The van der Waals surface area contributed by atoms with E-state index < -0.39 is 6.04 Å². The number of carbonyl (C=O) groups excluding carboxylic acids is 2. The summed E-state index contributed by atoms with van der Waals surface area (Å²) in [5, 5.41) is 2.66. The second kappa shape index (κ2) is 12.0. The summed E-state index contributed by atoms with van der Waals surface area (Å²) in [5.41, 5.74) is 0. The van der Waals surface area contributed by atoms with Crippen molar-refractivity contribution in [1.82, 2.24) is 5.32 Å². The monoisotopic (exact) mass is 271 g/mol. The van der Waals surface area contributed by atoms with Crippen molar-refractivity contribution in [3.05, 3.63) is 0 Å². The van der Waals surface area contributed by atoms with E-state index in [2.05, 4.69) is 12.2 Å². The number of carbonyl (C=O) groups is 2. The lowest BCUT2D eigenvalue weighted by atomic mass is 10.2. The number of nitrogens with one attached hydrogen (secondary N) is 1. The molecule has 4 heteroatoms. The lowest BCUT2D eigenvalue weighted by Gasteiger charge is -2.13. The van der Waals surface area contributed by atoms with Gasteiger partial charge in [0, 0.05) is 6.42 Å². The third kappa shape index (κ3) is 10.5. The zero-order valence-electron chi connectivity index (χ0n) is 12.7. The average molecular weight is 271 g/mol. The van der Waals surface area contributed by atoms with Crippen LogP contribution in [0, 0.1) is 0 Å². The van der Waals surface area contributed by atoms with Crippen molar-refractivity contribution < 1.29 is 14.3 Å². The molecule has 1 unspecified atom stereocenters. The molecule has 1 atom stereocenters. The minimum atomic E-state index is -0.542. The topological polar surface area (TPSA) is 55.4 Å². The van der Waals surface area contributed by atoms with Crippen molar-refractivity contribution in [3.8, 4) is 0 Å². The SMILES string of the molecule is CCCCCCCOC(=O)C(C)NC(=O)CCCC. The summed E-state index contributed by atoms with van der Waals surface area (Å²) in [6.45, 7) is 6.33. The quantitative estimate of drug-likeness (QED) is 0.464. The van der Waals surface area contributed by atoms with Gasteiger partial charge in [-0.15, -0.1) is 0 Å². The molecule has 0 aliphatic rings. The van der Waals surface area contributed by atoms with E-state index in [-0.39, 0.29) is 11.9 Å². The number of rotatable bonds is 11. The summed E-state index contributed by atoms with van der Waals surface area (Å²) >= 11 is 0. The number of unbranched alkanes of at least 4 members (excludes halogenated alkanes) is 5. The zero-order valence-corrected chi connectivity index (χ0v) is 12.7. The molecule has 0 saturated carbocycles. The van der Waals surface area contributed by atoms with Crippen LogP contribution in [0.3, 0.4) is 0 Å². The molecule has 4 nitrogen and oxygen atoms in total. The van der Waals surface area contributed by atoms with Gasteiger partial charge in [-0.3, -0.25) is 4.79 Å². The van der Waals surface area contributed by atoms with Crippen LogP contribution >= 0.6 is 0 Å². The highest BCUT2D eigenvalue weighted by atomic mass is 16.5. The predicted molar refractivity (Wildman–Crippen MR) is 76.8 cm³/mol. The summed E-state index contributed by atoms with van der Waals surface area (Å²) in [4.78, 5) is 23.1. The van der Waals surface area contributed by atoms with E-state index >= 15 is 0 Å². The van der Waals surface area contributed by atoms with Gasteiger partial charge in [0.1, 0.15) is 6.04 Å². The molecule has 0 rings (SSSR count). The van der Waals surface area contributed by atoms with E-state index in [1.165, 1.54) is 19.3 Å². The Labute approximate surface area is 117 Å². The van der Waals surface area contributed by atoms with Crippen LogP contribution < -0.4 is 5.32 Å². The summed E-state index contributed by atoms with van der Waals surface area (Å²) in [6, 6.07) is -0.542. The van der Waals surface area contributed by atoms with Crippen molar-refractivity contribution in [3.63, 3.8) is 0 Å². The maximum absolute atomic E-state index is 11.6. The summed E-state index contributed by atoms with van der Waals surface area (Å²) in [6.07, 6.45) is 7.94. The second-order valence-corrected chi connectivity index (χ2v) is 4.97. The molecule has 0 aromatic carbocycles. The van der Waals surface area contributed by atoms with E-state index in [0.29, 0.717) is 13.0 Å². The largest absolute Gasteiger partial charge is 0.464 e. The molecule has 19 heavy (non-hydrogen) atoms. The fourth-order valence-electron chi connectivity index (χ4n) is 1.71. The Morgan fingerprint density at radius 3 is 2.26 bits per heavy atom. The molecule has 0 radical (unpaired) electrons. The molecule has 0 heterocycles. The van der Waals surface area contributed by atoms with Gasteiger partial charge in [0.25, 0.3) is 0 Å². The lowest BCUT2D eigenvalue weighted by molar-refractivity contribution is -0.147. The normalized spacial score (nSPS) is 11.9. The van der Waals surface area contributed by atoms with Gasteiger partial charge >= 0.3 is 5.97 Å². The molecule has 1 N–H and O–H groups in total. The Bertz CT molecular complexity index is 254. The molecule has 112 valence electrons. The Morgan fingerprint density at radius 2 is 1.63 bits per heavy atom. The Kier molecular flexibility index (Phi) is 11.3. The first-order valence-corrected chi connectivity index (χ1v) is 7.57. The zero-order chi connectivity index (χ0) is 14.5. The van der Waals surface area contributed by atoms with E-state index in [4.69, 9.17) is 4.74 Å². The molecule has 0 aromatic rings. The van der Waals surface area contributed by atoms with E-state index in [9.17, 15) is 9.59 Å². The summed E-state index contributed by atoms with van der Waals surface area (Å²) < 4.78 is 5.14. The Morgan fingerprint density at radius 1 is 1.00 bits per heavy atom. The van der Waals surface area contributed by atoms with Crippen molar-refractivity contribution in [1.29, 1.82) is 0 Å². The van der Waals surface area contributed by atoms with Gasteiger partial charge in [0.15, 0.2) is 0 Å². The standard InChI is InChI=1S/C15H29NO3/c1-4-6-8-9-10-12-19-15(18)13(3)16-14(17)11-7-5-2/h13H,4-12H2,1-3H3,(H,16,17). The molecule has 0 aliphatic heterocycles. The molecule has 0 aromatic heterocycles. The molecule has 0 bridgehead atoms. The maximum atomic E-state index is 11.6. The number of hydrogen-bond acceptors (Lipinski definition) is 3. The van der Waals surface area contributed by atoms with Gasteiger partial charge in [-0.05, 0) is 19.8 Å². The molecule has 1 amide bonds. The molecule has 0 fully saturated rings. The highest BCUT2D eigenvalue weighted by molar-refractivity contribution is 5.84. The first kappa shape index (κ1) is 17.9. The molecular weight excluding hydrogens is 242 g/mol. The highest BCUT2D eigenvalue weighted by Crippen LogP contribution is 2.03. The van der Waals surface area contributed by atoms with E-state index in [1.807, 2.05) is 6.92 Å². The summed E-state index contributed by atoms with van der Waals surface area (Å²) in [7, 11) is 0. The predicted octanol–water partition coefficient (Wildman–Crippen LogP) is 3.19. The number of esters is 1. The molecular formula is C15H29NO3. The molecule has 0 aliphatic carbocycles. The average Bonchev–Trinajstić information content (AvgIpc) is 2.40. The fourth-order valence-corrected chi connectivity index (χ4v) is 1.71. The first-order valence-electron chi connectivity index (χ1n) is 7.57. The second-order valence-electron chi connectivity index (χ2n) is 4.97. The fraction of sp³-hybridized carbons (Fsp3) is 0.867. The van der Waals surface area contributed by atoms with Crippen LogP contribution in [0.25, 0.3) is 0 Å². The minimum absolute atomic E-state index is 0.0748. The van der Waals surface area contributed by atoms with Crippen LogP contribution in [0.5, 0.6) is 0 Å². The van der Waals surface area contributed by atoms with Gasteiger partial charge in [-0.2, -0.15) is 0 Å². The smallest absolute Gasteiger partial charge is 0.328 e. The first-order chi connectivity index (χ1) is 9.11. The van der Waals surface area contributed by atoms with E-state index in [1.54, 1.807) is 6.92 Å². The Hall–Kier alpha value is -1.06. The van der Waals surface area contributed by atoms with Crippen LogP contribution in [-0.2, 0) is 14.3 Å². The van der Waals surface area contributed by atoms with Crippen LogP contribution in [0.15, 0.2) is 0 Å². The Balaban J connectivity index is 3.61. The van der Waals surface area contributed by atoms with Gasteiger partial charge in [0.05, 0.1) is 6.61 Å². The van der Waals surface area contributed by atoms with Crippen molar-refractivity contribution >= 4 is 11.9 Å². The van der Waals surface area contributed by atoms with Crippen molar-refractivity contribution in [2.75, 3.05) is 6.61 Å².